The molecule has 0 aromatic carbocycles. The van der Waals surface area contributed by atoms with E-state index in [1.54, 1.807) is 4.68 Å². The first-order valence-corrected chi connectivity index (χ1v) is 4.47. The molecule has 4 heteroatoms. The summed E-state index contributed by atoms with van der Waals surface area (Å²) in [5.74, 6) is 1.01. The van der Waals surface area contributed by atoms with Gasteiger partial charge in [0.25, 0.3) is 0 Å². The number of nitrogens with zero attached hydrogens (tertiary/aromatic N) is 2. The highest BCUT2D eigenvalue weighted by Crippen LogP contribution is 2.32. The smallest absolute Gasteiger partial charge is 0.168 e. The molecule has 0 unspecified atom stereocenters. The fourth-order valence-electron chi connectivity index (χ4n) is 1.03. The molecule has 1 heterocycles. The molecule has 1 aliphatic rings. The van der Waals surface area contributed by atoms with E-state index in [0.29, 0.717) is 4.60 Å². The largest absolute Gasteiger partial charge is 0.504 e. The van der Waals surface area contributed by atoms with Gasteiger partial charge in [0.2, 0.25) is 0 Å². The van der Waals surface area contributed by atoms with E-state index in [1.807, 2.05) is 0 Å². The normalized spacial score (nSPS) is 17.2. The monoisotopic (exact) mass is 216 g/mol. The minimum absolute atomic E-state index is 0.227. The van der Waals surface area contributed by atoms with E-state index in [9.17, 15) is 0 Å². The van der Waals surface area contributed by atoms with Crippen molar-refractivity contribution in [3.8, 4) is 5.75 Å². The van der Waals surface area contributed by atoms with E-state index in [0.717, 1.165) is 12.5 Å². The molecule has 0 atom stereocenters. The molecule has 1 aromatic rings. The van der Waals surface area contributed by atoms with Crippen LogP contribution in [0.25, 0.3) is 0 Å². The average Bonchev–Trinajstić information content (AvgIpc) is 2.74. The highest BCUT2D eigenvalue weighted by atomic mass is 79.9. The number of hydrogen-bond donors (Lipinski definition) is 1. The van der Waals surface area contributed by atoms with Crippen LogP contribution in [0.5, 0.6) is 5.75 Å². The number of hydrogen-bond acceptors (Lipinski definition) is 2. The van der Waals surface area contributed by atoms with Crippen molar-refractivity contribution in [3.05, 3.63) is 10.8 Å². The summed E-state index contributed by atoms with van der Waals surface area (Å²) < 4.78 is 2.50. The minimum atomic E-state index is 0.227. The summed E-state index contributed by atoms with van der Waals surface area (Å²) in [5, 5.41) is 13.2. The van der Waals surface area contributed by atoms with Crippen LogP contribution in [-0.2, 0) is 6.54 Å². The van der Waals surface area contributed by atoms with Crippen LogP contribution in [0.2, 0.25) is 0 Å². The van der Waals surface area contributed by atoms with Gasteiger partial charge < -0.3 is 5.11 Å². The first kappa shape index (κ1) is 7.16. The van der Waals surface area contributed by atoms with Crippen molar-refractivity contribution in [2.24, 2.45) is 5.92 Å². The quantitative estimate of drug-likeness (QED) is 0.819. The van der Waals surface area contributed by atoms with Crippen LogP contribution < -0.4 is 0 Å². The van der Waals surface area contributed by atoms with E-state index in [2.05, 4.69) is 21.0 Å². The van der Waals surface area contributed by atoms with Crippen molar-refractivity contribution in [2.45, 2.75) is 19.4 Å². The summed E-state index contributed by atoms with van der Waals surface area (Å²) >= 11 is 3.26. The Morgan fingerprint density at radius 1 is 1.73 bits per heavy atom. The lowest BCUT2D eigenvalue weighted by Crippen LogP contribution is -2.01. The van der Waals surface area contributed by atoms with Crippen molar-refractivity contribution in [1.29, 1.82) is 0 Å². The van der Waals surface area contributed by atoms with Gasteiger partial charge in [-0.15, -0.1) is 0 Å². The van der Waals surface area contributed by atoms with Crippen LogP contribution in [0.1, 0.15) is 12.8 Å². The van der Waals surface area contributed by atoms with E-state index in [1.165, 1.54) is 19.0 Å². The molecular formula is C7H9BrN2O. The first-order chi connectivity index (χ1) is 5.27. The number of aromatic hydroxyl groups is 1. The number of aromatic nitrogens is 2. The van der Waals surface area contributed by atoms with Gasteiger partial charge in [0.05, 0.1) is 6.20 Å². The fourth-order valence-corrected chi connectivity index (χ4v) is 1.37. The molecule has 0 radical (unpaired) electrons. The van der Waals surface area contributed by atoms with Crippen LogP contribution in [0.3, 0.4) is 0 Å². The molecule has 3 nitrogen and oxygen atoms in total. The molecular weight excluding hydrogens is 208 g/mol. The van der Waals surface area contributed by atoms with Gasteiger partial charge in [0.1, 0.15) is 4.60 Å². The SMILES string of the molecule is Oc1cnn(CC2CC2)c1Br. The third kappa shape index (κ3) is 1.40. The summed E-state index contributed by atoms with van der Waals surface area (Å²) in [7, 11) is 0. The molecule has 0 amide bonds. The maximum atomic E-state index is 9.14. The van der Waals surface area contributed by atoms with Gasteiger partial charge in [-0.25, -0.2) is 0 Å². The molecule has 60 valence electrons. The molecule has 0 aliphatic heterocycles. The Bertz CT molecular complexity index is 267. The van der Waals surface area contributed by atoms with Gasteiger partial charge in [-0.05, 0) is 34.7 Å². The van der Waals surface area contributed by atoms with Crippen molar-refractivity contribution < 1.29 is 5.11 Å². The summed E-state index contributed by atoms with van der Waals surface area (Å²) in [6.07, 6.45) is 4.06. The fraction of sp³-hybridized carbons (Fsp3) is 0.571. The lowest BCUT2D eigenvalue weighted by atomic mass is 10.4. The highest BCUT2D eigenvalue weighted by molar-refractivity contribution is 9.10. The zero-order chi connectivity index (χ0) is 7.84. The van der Waals surface area contributed by atoms with Gasteiger partial charge in [0.15, 0.2) is 5.75 Å². The van der Waals surface area contributed by atoms with Crippen molar-refractivity contribution in [3.63, 3.8) is 0 Å². The zero-order valence-electron chi connectivity index (χ0n) is 6.00. The second-order valence-corrected chi connectivity index (χ2v) is 3.70. The van der Waals surface area contributed by atoms with Crippen LogP contribution in [0, 0.1) is 5.92 Å². The predicted octanol–water partition coefficient (Wildman–Crippen LogP) is 1.76. The van der Waals surface area contributed by atoms with Crippen LogP contribution in [-0.4, -0.2) is 14.9 Å². The van der Waals surface area contributed by atoms with Crippen LogP contribution >= 0.6 is 15.9 Å². The zero-order valence-corrected chi connectivity index (χ0v) is 7.58. The lowest BCUT2D eigenvalue weighted by Gasteiger charge is -1.99. The van der Waals surface area contributed by atoms with Gasteiger partial charge >= 0.3 is 0 Å². The Morgan fingerprint density at radius 2 is 2.45 bits per heavy atom. The molecule has 1 N–H and O–H groups in total. The van der Waals surface area contributed by atoms with E-state index in [4.69, 9.17) is 5.11 Å². The van der Waals surface area contributed by atoms with Gasteiger partial charge in [0, 0.05) is 6.54 Å². The van der Waals surface area contributed by atoms with Gasteiger partial charge in [-0.2, -0.15) is 5.10 Å². The summed E-state index contributed by atoms with van der Waals surface area (Å²) in [6.45, 7) is 0.932. The second kappa shape index (κ2) is 2.52. The van der Waals surface area contributed by atoms with Crippen molar-refractivity contribution in [1.82, 2.24) is 9.78 Å². The molecule has 2 rings (SSSR count). The molecule has 0 spiro atoms. The van der Waals surface area contributed by atoms with Crippen LogP contribution in [0.4, 0.5) is 0 Å². The van der Waals surface area contributed by atoms with E-state index >= 15 is 0 Å². The van der Waals surface area contributed by atoms with E-state index < -0.39 is 0 Å². The Kier molecular flexibility index (Phi) is 1.64. The Morgan fingerprint density at radius 3 is 2.91 bits per heavy atom. The molecule has 1 fully saturated rings. The standard InChI is InChI=1S/C7H9BrN2O/c8-7-6(11)3-9-10(7)4-5-1-2-5/h3,5,11H,1-2,4H2. The Balaban J connectivity index is 2.15. The molecule has 1 aromatic heterocycles. The summed E-state index contributed by atoms with van der Waals surface area (Å²) in [4.78, 5) is 0. The lowest BCUT2D eigenvalue weighted by molar-refractivity contribution is 0.466. The third-order valence-corrected chi connectivity index (χ3v) is 2.70. The maximum absolute atomic E-state index is 9.14. The van der Waals surface area contributed by atoms with Gasteiger partial charge in [-0.1, -0.05) is 0 Å². The number of halogens is 1. The second-order valence-electron chi connectivity index (χ2n) is 2.95. The molecule has 0 bridgehead atoms. The average molecular weight is 217 g/mol. The summed E-state index contributed by atoms with van der Waals surface area (Å²) in [6, 6.07) is 0. The predicted molar refractivity (Wildman–Crippen MR) is 44.3 cm³/mol. The Labute approximate surface area is 73.2 Å². The third-order valence-electron chi connectivity index (χ3n) is 1.89. The molecule has 1 saturated carbocycles. The summed E-state index contributed by atoms with van der Waals surface area (Å²) in [5.41, 5.74) is 0. The first-order valence-electron chi connectivity index (χ1n) is 3.67. The minimum Gasteiger partial charge on any atom is -0.504 e. The molecule has 1 aliphatic carbocycles. The van der Waals surface area contributed by atoms with Crippen LogP contribution in [0.15, 0.2) is 10.8 Å². The van der Waals surface area contributed by atoms with E-state index in [-0.39, 0.29) is 5.75 Å². The highest BCUT2D eigenvalue weighted by Gasteiger charge is 2.23. The maximum Gasteiger partial charge on any atom is 0.168 e. The van der Waals surface area contributed by atoms with Crippen molar-refractivity contribution in [2.75, 3.05) is 0 Å². The molecule has 11 heavy (non-hydrogen) atoms. The van der Waals surface area contributed by atoms with Gasteiger partial charge in [-0.3, -0.25) is 4.68 Å². The number of rotatable bonds is 2. The Hall–Kier alpha value is -0.510. The van der Waals surface area contributed by atoms with Crippen molar-refractivity contribution >= 4 is 15.9 Å². The topological polar surface area (TPSA) is 38.1 Å². The molecule has 0 saturated heterocycles.